The summed E-state index contributed by atoms with van der Waals surface area (Å²) in [5, 5.41) is 3.89. The molecule has 6 nitrogen and oxygen atoms in total. The number of hydrogen-bond acceptors (Lipinski definition) is 4. The first kappa shape index (κ1) is 18.8. The third-order valence-corrected chi connectivity index (χ3v) is 5.17. The largest absolute Gasteiger partial charge is 0.272 e. The second-order valence-corrected chi connectivity index (χ2v) is 7.49. The molecule has 0 spiro atoms. The highest BCUT2D eigenvalue weighted by atomic mass is 32.2. The van der Waals surface area contributed by atoms with E-state index in [-0.39, 0.29) is 11.4 Å². The number of aryl methyl sites for hydroxylation is 3. The summed E-state index contributed by atoms with van der Waals surface area (Å²) >= 11 is 0. The Balaban J connectivity index is 1.92. The molecule has 0 atom stereocenters. The van der Waals surface area contributed by atoms with E-state index >= 15 is 0 Å². The van der Waals surface area contributed by atoms with Crippen LogP contribution in [-0.4, -0.2) is 27.1 Å². The number of carbonyl (C=O) groups excluding carboxylic acids is 1. The number of hydrazone groups is 1. The molecule has 0 radical (unpaired) electrons. The number of amides is 1. The molecule has 7 heteroatoms. The van der Waals surface area contributed by atoms with Crippen LogP contribution in [0.2, 0.25) is 0 Å². The number of hydrogen-bond donors (Lipinski definition) is 2. The number of nitrogens with zero attached hydrogens (tertiary/aromatic N) is 1. The summed E-state index contributed by atoms with van der Waals surface area (Å²) < 4.78 is 26.3. The van der Waals surface area contributed by atoms with E-state index in [4.69, 9.17) is 0 Å². The van der Waals surface area contributed by atoms with Crippen LogP contribution in [0.1, 0.15) is 22.3 Å². The van der Waals surface area contributed by atoms with Crippen molar-refractivity contribution in [2.45, 2.75) is 25.7 Å². The number of carbonyl (C=O) groups is 1. The van der Waals surface area contributed by atoms with E-state index in [1.54, 1.807) is 24.4 Å². The Kier molecular flexibility index (Phi) is 6.06. The molecule has 2 N–H and O–H groups in total. The van der Waals surface area contributed by atoms with Crippen LogP contribution in [0.4, 0.5) is 0 Å². The van der Waals surface area contributed by atoms with E-state index < -0.39 is 15.9 Å². The summed E-state index contributed by atoms with van der Waals surface area (Å²) in [6, 6.07) is 11.9. The zero-order valence-electron chi connectivity index (χ0n) is 14.4. The van der Waals surface area contributed by atoms with Crippen LogP contribution in [0.5, 0.6) is 0 Å². The van der Waals surface area contributed by atoms with E-state index in [9.17, 15) is 13.2 Å². The van der Waals surface area contributed by atoms with Crippen molar-refractivity contribution >= 4 is 22.1 Å². The molecule has 0 bridgehead atoms. The molecule has 25 heavy (non-hydrogen) atoms. The van der Waals surface area contributed by atoms with Gasteiger partial charge in [0.1, 0.15) is 0 Å². The monoisotopic (exact) mass is 359 g/mol. The summed E-state index contributed by atoms with van der Waals surface area (Å²) in [6.07, 6.45) is 1.55. The number of sulfonamides is 1. The summed E-state index contributed by atoms with van der Waals surface area (Å²) in [7, 11) is -3.71. The summed E-state index contributed by atoms with van der Waals surface area (Å²) in [5.74, 6) is -0.544. The van der Waals surface area contributed by atoms with Crippen LogP contribution in [0.15, 0.2) is 52.5 Å². The molecular formula is C18H21N3O3S. The van der Waals surface area contributed by atoms with Crippen molar-refractivity contribution in [3.63, 3.8) is 0 Å². The first-order chi connectivity index (χ1) is 11.8. The Bertz CT molecular complexity index is 891. The van der Waals surface area contributed by atoms with Gasteiger partial charge in [0.2, 0.25) is 10.0 Å². The highest BCUT2D eigenvalue weighted by Gasteiger charge is 2.14. The Morgan fingerprint density at radius 2 is 1.68 bits per heavy atom. The fourth-order valence-corrected chi connectivity index (χ4v) is 3.18. The molecule has 1 amide bonds. The van der Waals surface area contributed by atoms with Crippen molar-refractivity contribution in [1.82, 2.24) is 10.1 Å². The summed E-state index contributed by atoms with van der Waals surface area (Å²) in [5.41, 5.74) is 6.59. The predicted molar refractivity (Wildman–Crippen MR) is 98.0 cm³/mol. The van der Waals surface area contributed by atoms with Crippen LogP contribution in [0.3, 0.4) is 0 Å². The average Bonchev–Trinajstić information content (AvgIpc) is 2.58. The Hall–Kier alpha value is -2.51. The van der Waals surface area contributed by atoms with Gasteiger partial charge in [-0.15, -0.1) is 0 Å². The minimum atomic E-state index is -3.71. The zero-order chi connectivity index (χ0) is 18.4. The smallest absolute Gasteiger partial charge is 0.255 e. The van der Waals surface area contributed by atoms with Gasteiger partial charge in [-0.1, -0.05) is 24.3 Å². The van der Waals surface area contributed by atoms with E-state index in [1.165, 1.54) is 17.7 Å². The van der Waals surface area contributed by atoms with Crippen molar-refractivity contribution in [2.24, 2.45) is 5.10 Å². The van der Waals surface area contributed by atoms with Crippen molar-refractivity contribution in [3.05, 3.63) is 64.7 Å². The maximum Gasteiger partial charge on any atom is 0.255 e. The third kappa shape index (κ3) is 5.23. The Morgan fingerprint density at radius 1 is 1.04 bits per heavy atom. The van der Waals surface area contributed by atoms with Crippen LogP contribution in [0.25, 0.3) is 0 Å². The number of rotatable bonds is 6. The Morgan fingerprint density at radius 3 is 2.36 bits per heavy atom. The lowest BCUT2D eigenvalue weighted by atomic mass is 10.0. The van der Waals surface area contributed by atoms with E-state index in [2.05, 4.69) is 15.2 Å². The number of nitrogens with one attached hydrogen (secondary N) is 2. The van der Waals surface area contributed by atoms with Gasteiger partial charge in [0.25, 0.3) is 5.91 Å². The van der Waals surface area contributed by atoms with E-state index in [1.807, 2.05) is 32.9 Å². The second kappa shape index (κ2) is 8.04. The third-order valence-electron chi connectivity index (χ3n) is 3.75. The molecule has 2 rings (SSSR count). The van der Waals surface area contributed by atoms with Gasteiger partial charge in [0.05, 0.1) is 17.7 Å². The molecule has 2 aromatic rings. The van der Waals surface area contributed by atoms with E-state index in [0.717, 1.165) is 16.7 Å². The molecule has 0 saturated heterocycles. The van der Waals surface area contributed by atoms with Gasteiger partial charge in [-0.05, 0) is 61.2 Å². The van der Waals surface area contributed by atoms with Gasteiger partial charge in [-0.3, -0.25) is 4.79 Å². The maximum atomic E-state index is 12.0. The van der Waals surface area contributed by atoms with Crippen molar-refractivity contribution < 1.29 is 13.2 Å². The molecule has 0 fully saturated rings. The first-order valence-corrected chi connectivity index (χ1v) is 9.22. The molecular weight excluding hydrogens is 338 g/mol. The molecule has 0 aliphatic rings. The highest BCUT2D eigenvalue weighted by molar-refractivity contribution is 7.89. The number of benzene rings is 2. The van der Waals surface area contributed by atoms with Gasteiger partial charge in [0, 0.05) is 0 Å². The lowest BCUT2D eigenvalue weighted by Gasteiger charge is -2.07. The summed E-state index contributed by atoms with van der Waals surface area (Å²) in [6.45, 7) is 5.61. The molecule has 0 aliphatic heterocycles. The van der Waals surface area contributed by atoms with Crippen LogP contribution in [-0.2, 0) is 14.8 Å². The van der Waals surface area contributed by atoms with Crippen molar-refractivity contribution in [1.29, 1.82) is 0 Å². The molecule has 2 aromatic carbocycles. The predicted octanol–water partition coefficient (Wildman–Crippen LogP) is 2.04. The summed E-state index contributed by atoms with van der Waals surface area (Å²) in [4.78, 5) is 11.9. The Labute approximate surface area is 148 Å². The standard InChI is InChI=1S/C18H21N3O3S/c1-13-9-15(3)16(10-14(13)2)11-19-21-18(22)12-20-25(23,24)17-7-5-4-6-8-17/h4-11,20H,12H2,1-3H3,(H,21,22)/b19-11-. The molecule has 0 saturated carbocycles. The maximum absolute atomic E-state index is 12.0. The zero-order valence-corrected chi connectivity index (χ0v) is 15.2. The van der Waals surface area contributed by atoms with Gasteiger partial charge < -0.3 is 0 Å². The van der Waals surface area contributed by atoms with Gasteiger partial charge in [-0.25, -0.2) is 18.6 Å². The molecule has 0 unspecified atom stereocenters. The molecule has 132 valence electrons. The average molecular weight is 359 g/mol. The fraction of sp³-hybridized carbons (Fsp3) is 0.222. The minimum absolute atomic E-state index is 0.108. The quantitative estimate of drug-likeness (QED) is 0.611. The lowest BCUT2D eigenvalue weighted by molar-refractivity contribution is -0.119. The van der Waals surface area contributed by atoms with Crippen LogP contribution in [0, 0.1) is 20.8 Å². The van der Waals surface area contributed by atoms with Crippen LogP contribution >= 0.6 is 0 Å². The van der Waals surface area contributed by atoms with Gasteiger partial charge >= 0.3 is 0 Å². The van der Waals surface area contributed by atoms with Gasteiger partial charge in [-0.2, -0.15) is 5.10 Å². The molecule has 0 heterocycles. The minimum Gasteiger partial charge on any atom is -0.272 e. The SMILES string of the molecule is Cc1cc(C)c(/C=N\NC(=O)CNS(=O)(=O)c2ccccc2)cc1C. The fourth-order valence-electron chi connectivity index (χ4n) is 2.18. The van der Waals surface area contributed by atoms with Crippen LogP contribution < -0.4 is 10.1 Å². The first-order valence-electron chi connectivity index (χ1n) is 7.74. The highest BCUT2D eigenvalue weighted by Crippen LogP contribution is 2.13. The molecule has 0 aromatic heterocycles. The molecule has 0 aliphatic carbocycles. The van der Waals surface area contributed by atoms with Gasteiger partial charge in [0.15, 0.2) is 0 Å². The van der Waals surface area contributed by atoms with Crippen molar-refractivity contribution in [3.8, 4) is 0 Å². The normalized spacial score (nSPS) is 11.6. The topological polar surface area (TPSA) is 87.6 Å². The van der Waals surface area contributed by atoms with E-state index in [0.29, 0.717) is 0 Å². The lowest BCUT2D eigenvalue weighted by Crippen LogP contribution is -2.34. The second-order valence-electron chi connectivity index (χ2n) is 5.72. The van der Waals surface area contributed by atoms with Crippen molar-refractivity contribution in [2.75, 3.05) is 6.54 Å².